The van der Waals surface area contributed by atoms with Crippen LogP contribution in [0.1, 0.15) is 53.3 Å². The summed E-state index contributed by atoms with van der Waals surface area (Å²) in [4.78, 5) is 26.1. The van der Waals surface area contributed by atoms with Gasteiger partial charge >= 0.3 is 0 Å². The van der Waals surface area contributed by atoms with Gasteiger partial charge in [0.1, 0.15) is 0 Å². The average molecular weight is 243 g/mol. The molecule has 3 heteroatoms. The van der Waals surface area contributed by atoms with Crippen LogP contribution in [0.25, 0.3) is 0 Å². The van der Waals surface area contributed by atoms with Crippen molar-refractivity contribution in [3.8, 4) is 0 Å². The number of fused-ring (bicyclic) bond motifs is 1. The third-order valence-corrected chi connectivity index (χ3v) is 4.18. The minimum Gasteiger partial charge on any atom is -0.271 e. The maximum atomic E-state index is 12.3. The molecule has 1 heterocycles. The zero-order valence-corrected chi connectivity index (χ0v) is 10.6. The number of hydrogen-bond donors (Lipinski definition) is 0. The number of carbonyl (C=O) groups is 2. The first kappa shape index (κ1) is 11.5. The van der Waals surface area contributed by atoms with Crippen LogP contribution in [0, 0.1) is 5.92 Å². The van der Waals surface area contributed by atoms with E-state index < -0.39 is 0 Å². The van der Waals surface area contributed by atoms with E-state index in [9.17, 15) is 9.59 Å². The number of carbonyl (C=O) groups excluding carboxylic acids is 2. The van der Waals surface area contributed by atoms with Crippen LogP contribution in [0.3, 0.4) is 0 Å². The van der Waals surface area contributed by atoms with Gasteiger partial charge in [0, 0.05) is 6.04 Å². The summed E-state index contributed by atoms with van der Waals surface area (Å²) in [6.07, 6.45) is 4.12. The molecule has 0 radical (unpaired) electrons. The molecule has 2 amide bonds. The second kappa shape index (κ2) is 4.23. The largest absolute Gasteiger partial charge is 0.271 e. The smallest absolute Gasteiger partial charge is 0.261 e. The molecule has 0 saturated heterocycles. The fourth-order valence-electron chi connectivity index (χ4n) is 3.04. The number of nitrogens with zero attached hydrogens (tertiary/aromatic N) is 1. The zero-order valence-electron chi connectivity index (χ0n) is 10.6. The van der Waals surface area contributed by atoms with Gasteiger partial charge in [-0.2, -0.15) is 0 Å². The van der Waals surface area contributed by atoms with E-state index in [1.807, 2.05) is 12.1 Å². The Morgan fingerprint density at radius 1 is 0.944 bits per heavy atom. The van der Waals surface area contributed by atoms with Gasteiger partial charge in [-0.3, -0.25) is 14.5 Å². The molecule has 1 saturated carbocycles. The first-order valence-electron chi connectivity index (χ1n) is 6.65. The third-order valence-electron chi connectivity index (χ3n) is 4.18. The molecule has 94 valence electrons. The molecule has 3 nitrogen and oxygen atoms in total. The molecule has 1 aromatic rings. The van der Waals surface area contributed by atoms with Gasteiger partial charge < -0.3 is 0 Å². The molecule has 0 bridgehead atoms. The minimum absolute atomic E-state index is 0.102. The average Bonchev–Trinajstić information content (AvgIpc) is 2.64. The van der Waals surface area contributed by atoms with E-state index in [1.165, 1.54) is 4.90 Å². The van der Waals surface area contributed by atoms with Gasteiger partial charge in [-0.15, -0.1) is 0 Å². The third kappa shape index (κ3) is 1.65. The van der Waals surface area contributed by atoms with Gasteiger partial charge in [-0.25, -0.2) is 0 Å². The van der Waals surface area contributed by atoms with Crippen molar-refractivity contribution >= 4 is 11.8 Å². The molecule has 1 aliphatic heterocycles. The van der Waals surface area contributed by atoms with Gasteiger partial charge in [0.05, 0.1) is 11.1 Å². The van der Waals surface area contributed by atoms with Crippen molar-refractivity contribution in [2.24, 2.45) is 5.92 Å². The lowest BCUT2D eigenvalue weighted by Gasteiger charge is -2.32. The highest BCUT2D eigenvalue weighted by molar-refractivity contribution is 6.21. The molecule has 0 N–H and O–H groups in total. The summed E-state index contributed by atoms with van der Waals surface area (Å²) in [5.41, 5.74) is 1.14. The molecular formula is C15H17NO2. The van der Waals surface area contributed by atoms with Crippen LogP contribution in [0.2, 0.25) is 0 Å². The lowest BCUT2D eigenvalue weighted by atomic mass is 9.86. The molecule has 18 heavy (non-hydrogen) atoms. The summed E-state index contributed by atoms with van der Waals surface area (Å²) in [6.45, 7) is 2.23. The maximum absolute atomic E-state index is 12.3. The summed E-state index contributed by atoms with van der Waals surface area (Å²) in [7, 11) is 0. The Balaban J connectivity index is 1.88. The molecule has 1 fully saturated rings. The van der Waals surface area contributed by atoms with Crippen molar-refractivity contribution in [2.75, 3.05) is 0 Å². The van der Waals surface area contributed by atoms with E-state index in [0.717, 1.165) is 31.6 Å². The molecule has 0 unspecified atom stereocenters. The molecule has 1 aromatic carbocycles. The van der Waals surface area contributed by atoms with Gasteiger partial charge in [0.25, 0.3) is 11.8 Å². The van der Waals surface area contributed by atoms with Crippen molar-refractivity contribution in [1.29, 1.82) is 0 Å². The fourth-order valence-corrected chi connectivity index (χ4v) is 3.04. The van der Waals surface area contributed by atoms with Crippen molar-refractivity contribution in [1.82, 2.24) is 4.90 Å². The van der Waals surface area contributed by atoms with Crippen LogP contribution >= 0.6 is 0 Å². The van der Waals surface area contributed by atoms with Gasteiger partial charge in [-0.05, 0) is 43.7 Å². The number of rotatable bonds is 1. The minimum atomic E-state index is -0.102. The van der Waals surface area contributed by atoms with Crippen LogP contribution in [0.15, 0.2) is 24.3 Å². The summed E-state index contributed by atoms with van der Waals surface area (Å²) in [5.74, 6) is 0.515. The highest BCUT2D eigenvalue weighted by Gasteiger charge is 2.40. The van der Waals surface area contributed by atoms with Gasteiger partial charge in [0.15, 0.2) is 0 Å². The molecule has 0 atom stereocenters. The number of hydrogen-bond acceptors (Lipinski definition) is 2. The Bertz CT molecular complexity index is 466. The van der Waals surface area contributed by atoms with E-state index >= 15 is 0 Å². The lowest BCUT2D eigenvalue weighted by Crippen LogP contribution is -2.41. The van der Waals surface area contributed by atoms with E-state index in [2.05, 4.69) is 6.92 Å². The first-order chi connectivity index (χ1) is 8.68. The number of imide groups is 1. The fraction of sp³-hybridized carbons (Fsp3) is 0.467. The molecular weight excluding hydrogens is 226 g/mol. The molecule has 3 rings (SSSR count). The highest BCUT2D eigenvalue weighted by atomic mass is 16.2. The normalized spacial score (nSPS) is 27.5. The van der Waals surface area contributed by atoms with Gasteiger partial charge in [0.2, 0.25) is 0 Å². The Labute approximate surface area is 107 Å². The highest BCUT2D eigenvalue weighted by Crippen LogP contribution is 2.32. The Hall–Kier alpha value is -1.64. The van der Waals surface area contributed by atoms with Crippen LogP contribution in [-0.2, 0) is 0 Å². The second-order valence-corrected chi connectivity index (χ2v) is 5.44. The van der Waals surface area contributed by atoms with Crippen LogP contribution in [-0.4, -0.2) is 22.8 Å². The quantitative estimate of drug-likeness (QED) is 0.711. The molecule has 0 aromatic heterocycles. The number of benzene rings is 1. The first-order valence-corrected chi connectivity index (χ1v) is 6.65. The molecule has 0 spiro atoms. The van der Waals surface area contributed by atoms with Crippen LogP contribution in [0.4, 0.5) is 0 Å². The lowest BCUT2D eigenvalue weighted by molar-refractivity contribution is 0.0533. The monoisotopic (exact) mass is 243 g/mol. The SMILES string of the molecule is CC1CCC(N2C(=O)c3ccccc3C2=O)CC1. The number of amides is 2. The van der Waals surface area contributed by atoms with Crippen molar-refractivity contribution in [3.63, 3.8) is 0 Å². The summed E-state index contributed by atoms with van der Waals surface area (Å²) in [6, 6.07) is 7.24. The summed E-state index contributed by atoms with van der Waals surface area (Å²) >= 11 is 0. The van der Waals surface area contributed by atoms with E-state index in [4.69, 9.17) is 0 Å². The van der Waals surface area contributed by atoms with Crippen molar-refractivity contribution < 1.29 is 9.59 Å². The standard InChI is InChI=1S/C15H17NO2/c1-10-6-8-11(9-7-10)16-14(17)12-4-2-3-5-13(12)15(16)18/h2-5,10-11H,6-9H2,1H3. The van der Waals surface area contributed by atoms with Gasteiger partial charge in [-0.1, -0.05) is 19.1 Å². The van der Waals surface area contributed by atoms with E-state index in [1.54, 1.807) is 12.1 Å². The summed E-state index contributed by atoms with van der Waals surface area (Å²) in [5, 5.41) is 0. The topological polar surface area (TPSA) is 37.4 Å². The predicted octanol–water partition coefficient (Wildman–Crippen LogP) is 2.86. The molecule has 2 aliphatic rings. The zero-order chi connectivity index (χ0) is 12.7. The van der Waals surface area contributed by atoms with Crippen molar-refractivity contribution in [3.05, 3.63) is 35.4 Å². The van der Waals surface area contributed by atoms with Crippen LogP contribution in [0.5, 0.6) is 0 Å². The molecule has 1 aliphatic carbocycles. The Kier molecular flexibility index (Phi) is 2.69. The second-order valence-electron chi connectivity index (χ2n) is 5.44. The Morgan fingerprint density at radius 3 is 1.94 bits per heavy atom. The van der Waals surface area contributed by atoms with E-state index in [-0.39, 0.29) is 17.9 Å². The van der Waals surface area contributed by atoms with Crippen molar-refractivity contribution in [2.45, 2.75) is 38.6 Å². The Morgan fingerprint density at radius 2 is 1.44 bits per heavy atom. The van der Waals surface area contributed by atoms with E-state index in [0.29, 0.717) is 11.1 Å². The summed E-state index contributed by atoms with van der Waals surface area (Å²) < 4.78 is 0. The maximum Gasteiger partial charge on any atom is 0.261 e. The predicted molar refractivity (Wildman–Crippen MR) is 68.4 cm³/mol. The van der Waals surface area contributed by atoms with Crippen LogP contribution < -0.4 is 0 Å².